The van der Waals surface area contributed by atoms with E-state index in [4.69, 9.17) is 0 Å². The summed E-state index contributed by atoms with van der Waals surface area (Å²) in [5.74, 6) is -2.24. The van der Waals surface area contributed by atoms with Crippen molar-refractivity contribution in [1.82, 2.24) is 20.6 Å². The molecule has 2 N–H and O–H groups in total. The minimum absolute atomic E-state index is 0.0715. The number of hydrogen-bond donors (Lipinski definition) is 2. The number of aromatic amines is 1. The molecule has 0 bridgehead atoms. The topological polar surface area (TPSA) is 112 Å². The summed E-state index contributed by atoms with van der Waals surface area (Å²) >= 11 is 0. The van der Waals surface area contributed by atoms with Crippen LogP contribution in [-0.4, -0.2) is 44.2 Å². The summed E-state index contributed by atoms with van der Waals surface area (Å²) in [6.07, 6.45) is 0. The molecule has 1 aromatic carbocycles. The number of H-pyrrole nitrogens is 1. The number of carbonyl (C=O) groups is 2. The lowest BCUT2D eigenvalue weighted by molar-refractivity contribution is -0.138. The molecule has 0 saturated carbocycles. The number of rotatable bonds is 2. The van der Waals surface area contributed by atoms with Crippen LogP contribution in [0.15, 0.2) is 24.3 Å². The summed E-state index contributed by atoms with van der Waals surface area (Å²) in [5, 5.41) is 22.0. The molecule has 0 spiro atoms. The number of aromatic nitrogens is 4. The van der Waals surface area contributed by atoms with Crippen LogP contribution in [0, 0.1) is 0 Å². The fourth-order valence-corrected chi connectivity index (χ4v) is 2.18. The Morgan fingerprint density at radius 1 is 1.37 bits per heavy atom. The molecular weight excluding hydrogens is 250 g/mol. The number of tetrazole rings is 1. The molecule has 1 aliphatic heterocycles. The first-order valence-corrected chi connectivity index (χ1v) is 5.55. The molecule has 2 aromatic rings. The Morgan fingerprint density at radius 2 is 2.16 bits per heavy atom. The normalized spacial score (nSPS) is 17.3. The summed E-state index contributed by atoms with van der Waals surface area (Å²) in [4.78, 5) is 24.8. The van der Waals surface area contributed by atoms with Crippen molar-refractivity contribution in [1.29, 1.82) is 0 Å². The van der Waals surface area contributed by atoms with E-state index in [2.05, 4.69) is 20.6 Å². The zero-order valence-electron chi connectivity index (χ0n) is 9.65. The summed E-state index contributed by atoms with van der Waals surface area (Å²) in [6.45, 7) is 0.0715. The van der Waals surface area contributed by atoms with Gasteiger partial charge in [-0.3, -0.25) is 9.59 Å². The van der Waals surface area contributed by atoms with Crippen LogP contribution in [-0.2, 0) is 4.79 Å². The Hall–Kier alpha value is -2.77. The highest BCUT2D eigenvalue weighted by Crippen LogP contribution is 2.36. The monoisotopic (exact) mass is 259 g/mol. The molecule has 1 amide bonds. The highest BCUT2D eigenvalue weighted by atomic mass is 16.4. The predicted octanol–water partition coefficient (Wildman–Crippen LogP) is 0.0283. The second kappa shape index (κ2) is 4.16. The van der Waals surface area contributed by atoms with Crippen LogP contribution in [0.1, 0.15) is 22.1 Å². The third-order valence-electron chi connectivity index (χ3n) is 3.05. The maximum atomic E-state index is 12.2. The second-order valence-corrected chi connectivity index (χ2v) is 4.10. The molecular formula is C11H9N5O3. The van der Waals surface area contributed by atoms with Gasteiger partial charge in [0.2, 0.25) is 0 Å². The number of carboxylic acids is 1. The highest BCUT2D eigenvalue weighted by Gasteiger charge is 2.37. The van der Waals surface area contributed by atoms with Crippen LogP contribution in [0.2, 0.25) is 0 Å². The average molecular weight is 259 g/mol. The number of benzene rings is 1. The fourth-order valence-electron chi connectivity index (χ4n) is 2.18. The lowest BCUT2D eigenvalue weighted by atomic mass is 10.0. The van der Waals surface area contributed by atoms with Crippen LogP contribution in [0.3, 0.4) is 0 Å². The minimum atomic E-state index is -0.962. The van der Waals surface area contributed by atoms with Crippen molar-refractivity contribution >= 4 is 17.6 Å². The Bertz CT molecular complexity index is 640. The van der Waals surface area contributed by atoms with Gasteiger partial charge < -0.3 is 10.0 Å². The molecule has 1 unspecified atom stereocenters. The van der Waals surface area contributed by atoms with Gasteiger partial charge in [-0.2, -0.15) is 5.21 Å². The molecule has 0 aliphatic carbocycles. The van der Waals surface area contributed by atoms with Crippen LogP contribution < -0.4 is 4.90 Å². The molecule has 96 valence electrons. The van der Waals surface area contributed by atoms with Crippen molar-refractivity contribution in [3.8, 4) is 0 Å². The number of hydrogen-bond acceptors (Lipinski definition) is 5. The van der Waals surface area contributed by atoms with Crippen molar-refractivity contribution in [2.75, 3.05) is 11.4 Å². The summed E-state index contributed by atoms with van der Waals surface area (Å²) < 4.78 is 0. The number of aliphatic carboxylic acids is 1. The van der Waals surface area contributed by atoms with Crippen molar-refractivity contribution < 1.29 is 14.7 Å². The number of nitrogens with one attached hydrogen (secondary N) is 1. The molecule has 0 radical (unpaired) electrons. The van der Waals surface area contributed by atoms with E-state index in [1.54, 1.807) is 24.3 Å². The number of amides is 1. The van der Waals surface area contributed by atoms with Gasteiger partial charge in [0, 0.05) is 12.2 Å². The van der Waals surface area contributed by atoms with Gasteiger partial charge >= 0.3 is 5.97 Å². The summed E-state index contributed by atoms with van der Waals surface area (Å²) in [6, 6.07) is 6.91. The standard InChI is InChI=1S/C11H9N5O3/c17-10(9-12-14-15-13-9)16-5-7(11(18)19)6-3-1-2-4-8(6)16/h1-4,7H,5H2,(H,18,19)(H,12,13,14,15). The van der Waals surface area contributed by atoms with E-state index in [1.165, 1.54) is 4.90 Å². The van der Waals surface area contributed by atoms with E-state index in [1.807, 2.05) is 0 Å². The van der Waals surface area contributed by atoms with Crippen molar-refractivity contribution in [2.45, 2.75) is 5.92 Å². The Morgan fingerprint density at radius 3 is 2.84 bits per heavy atom. The van der Waals surface area contributed by atoms with E-state index in [0.29, 0.717) is 11.3 Å². The van der Waals surface area contributed by atoms with Gasteiger partial charge in [0.1, 0.15) is 5.92 Å². The van der Waals surface area contributed by atoms with Crippen molar-refractivity contribution in [3.05, 3.63) is 35.7 Å². The lowest BCUT2D eigenvalue weighted by Gasteiger charge is -2.14. The minimum Gasteiger partial charge on any atom is -0.481 e. The fraction of sp³-hybridized carbons (Fsp3) is 0.182. The van der Waals surface area contributed by atoms with Gasteiger partial charge in [-0.15, -0.1) is 10.2 Å². The van der Waals surface area contributed by atoms with E-state index in [0.717, 1.165) is 0 Å². The number of fused-ring (bicyclic) bond motifs is 1. The molecule has 0 saturated heterocycles. The molecule has 0 fully saturated rings. The van der Waals surface area contributed by atoms with E-state index in [-0.39, 0.29) is 12.4 Å². The SMILES string of the molecule is O=C(O)C1CN(C(=O)c2nn[nH]n2)c2ccccc21. The zero-order chi connectivity index (χ0) is 13.4. The smallest absolute Gasteiger partial charge is 0.312 e. The van der Waals surface area contributed by atoms with Gasteiger partial charge in [-0.1, -0.05) is 18.2 Å². The quantitative estimate of drug-likeness (QED) is 0.786. The predicted molar refractivity (Wildman–Crippen MR) is 62.7 cm³/mol. The van der Waals surface area contributed by atoms with Crippen LogP contribution in [0.4, 0.5) is 5.69 Å². The van der Waals surface area contributed by atoms with Gasteiger partial charge in [-0.25, -0.2) is 0 Å². The van der Waals surface area contributed by atoms with Gasteiger partial charge in [0.15, 0.2) is 0 Å². The van der Waals surface area contributed by atoms with Gasteiger partial charge in [-0.05, 0) is 16.8 Å². The molecule has 1 aromatic heterocycles. The third-order valence-corrected chi connectivity index (χ3v) is 3.05. The Labute approximate surface area is 107 Å². The molecule has 1 aliphatic rings. The molecule has 3 rings (SSSR count). The number of anilines is 1. The van der Waals surface area contributed by atoms with Gasteiger partial charge in [0.05, 0.1) is 0 Å². The van der Waals surface area contributed by atoms with E-state index >= 15 is 0 Å². The third kappa shape index (κ3) is 1.73. The van der Waals surface area contributed by atoms with Crippen molar-refractivity contribution in [2.24, 2.45) is 0 Å². The van der Waals surface area contributed by atoms with Crippen LogP contribution in [0.5, 0.6) is 0 Å². The van der Waals surface area contributed by atoms with E-state index in [9.17, 15) is 14.7 Å². The second-order valence-electron chi connectivity index (χ2n) is 4.10. The first kappa shape index (κ1) is 11.3. The number of carbonyl (C=O) groups excluding carboxylic acids is 1. The summed E-state index contributed by atoms with van der Waals surface area (Å²) in [5.41, 5.74) is 1.19. The largest absolute Gasteiger partial charge is 0.481 e. The highest BCUT2D eigenvalue weighted by molar-refractivity contribution is 6.06. The van der Waals surface area contributed by atoms with Gasteiger partial charge in [0.25, 0.3) is 11.7 Å². The number of para-hydroxylation sites is 1. The maximum absolute atomic E-state index is 12.2. The lowest BCUT2D eigenvalue weighted by Crippen LogP contribution is -2.32. The number of carboxylic acid groups (broad SMARTS) is 1. The average Bonchev–Trinajstić information content (AvgIpc) is 3.05. The van der Waals surface area contributed by atoms with Crippen LogP contribution in [0.25, 0.3) is 0 Å². The zero-order valence-corrected chi connectivity index (χ0v) is 9.65. The molecule has 1 atom stereocenters. The van der Waals surface area contributed by atoms with Crippen molar-refractivity contribution in [3.63, 3.8) is 0 Å². The molecule has 19 heavy (non-hydrogen) atoms. The summed E-state index contributed by atoms with van der Waals surface area (Å²) in [7, 11) is 0. The first-order chi connectivity index (χ1) is 9.18. The Balaban J connectivity index is 2.01. The molecule has 2 heterocycles. The maximum Gasteiger partial charge on any atom is 0.312 e. The number of nitrogens with zero attached hydrogens (tertiary/aromatic N) is 4. The Kier molecular flexibility index (Phi) is 2.48. The first-order valence-electron chi connectivity index (χ1n) is 5.55. The molecule has 8 heteroatoms. The van der Waals surface area contributed by atoms with Crippen LogP contribution >= 0.6 is 0 Å². The molecule has 8 nitrogen and oxygen atoms in total. The van der Waals surface area contributed by atoms with E-state index < -0.39 is 17.8 Å².